The molecule has 0 heterocycles. The summed E-state index contributed by atoms with van der Waals surface area (Å²) >= 11 is 0. The molecule has 0 unspecified atom stereocenters. The summed E-state index contributed by atoms with van der Waals surface area (Å²) in [5.74, 6) is 0. The third-order valence-corrected chi connectivity index (χ3v) is 2.65. The summed E-state index contributed by atoms with van der Waals surface area (Å²) in [4.78, 5) is -0.253. The highest BCUT2D eigenvalue weighted by molar-refractivity contribution is 7.86. The van der Waals surface area contributed by atoms with Crippen molar-refractivity contribution in [2.45, 2.75) is 11.3 Å². The second kappa shape index (κ2) is 3.81. The number of nitrogen functional groups attached to an aromatic ring is 1. The van der Waals surface area contributed by atoms with Gasteiger partial charge in [-0.05, 0) is 24.1 Å². The first-order valence-electron chi connectivity index (χ1n) is 3.92. The fourth-order valence-corrected chi connectivity index (χ4v) is 1.76. The standard InChI is InChI=1S/C9H11NO3S/c1-2-3-7-4-5-8(10)9(6-7)14(11,12)13/h2,4-6H,1,3,10H2,(H,11,12,13). The third kappa shape index (κ3) is 2.34. The molecule has 1 aromatic rings. The van der Waals surface area contributed by atoms with E-state index in [-0.39, 0.29) is 10.6 Å². The second-order valence-corrected chi connectivity index (χ2v) is 4.23. The van der Waals surface area contributed by atoms with Gasteiger partial charge < -0.3 is 5.73 Å². The van der Waals surface area contributed by atoms with Crippen LogP contribution in [0, 0.1) is 0 Å². The molecular formula is C9H11NO3S. The van der Waals surface area contributed by atoms with Crippen LogP contribution in [0.3, 0.4) is 0 Å². The quantitative estimate of drug-likeness (QED) is 0.450. The predicted octanol–water partition coefficient (Wildman–Crippen LogP) is 1.24. The van der Waals surface area contributed by atoms with Gasteiger partial charge in [0.05, 0.1) is 5.69 Å². The molecule has 76 valence electrons. The Morgan fingerprint density at radius 2 is 2.14 bits per heavy atom. The number of hydrogen-bond acceptors (Lipinski definition) is 3. The molecule has 0 amide bonds. The van der Waals surface area contributed by atoms with E-state index < -0.39 is 10.1 Å². The van der Waals surface area contributed by atoms with Crippen molar-refractivity contribution in [3.63, 3.8) is 0 Å². The molecule has 0 aliphatic heterocycles. The summed E-state index contributed by atoms with van der Waals surface area (Å²) in [6.45, 7) is 3.53. The fourth-order valence-electron chi connectivity index (χ4n) is 1.10. The van der Waals surface area contributed by atoms with Crippen LogP contribution in [0.4, 0.5) is 5.69 Å². The Morgan fingerprint density at radius 1 is 1.50 bits per heavy atom. The summed E-state index contributed by atoms with van der Waals surface area (Å²) in [5.41, 5.74) is 6.19. The normalized spacial score (nSPS) is 11.2. The van der Waals surface area contributed by atoms with Gasteiger partial charge in [0.1, 0.15) is 4.90 Å². The van der Waals surface area contributed by atoms with Crippen LogP contribution in [0.5, 0.6) is 0 Å². The highest BCUT2D eigenvalue weighted by Gasteiger charge is 2.13. The molecule has 0 saturated heterocycles. The number of allylic oxidation sites excluding steroid dienone is 1. The lowest BCUT2D eigenvalue weighted by Crippen LogP contribution is -2.03. The Bertz CT molecular complexity index is 451. The summed E-state index contributed by atoms with van der Waals surface area (Å²) < 4.78 is 30.5. The minimum Gasteiger partial charge on any atom is -0.398 e. The van der Waals surface area contributed by atoms with Gasteiger partial charge in [-0.1, -0.05) is 12.1 Å². The molecule has 0 aromatic heterocycles. The number of hydrogen-bond donors (Lipinski definition) is 2. The maximum absolute atomic E-state index is 10.9. The van der Waals surface area contributed by atoms with E-state index in [4.69, 9.17) is 10.3 Å². The molecule has 1 rings (SSSR count). The van der Waals surface area contributed by atoms with E-state index in [1.165, 1.54) is 12.1 Å². The molecule has 0 aliphatic rings. The molecule has 1 aromatic carbocycles. The van der Waals surface area contributed by atoms with E-state index in [0.717, 1.165) is 5.56 Å². The zero-order valence-electron chi connectivity index (χ0n) is 7.47. The lowest BCUT2D eigenvalue weighted by atomic mass is 10.1. The number of benzene rings is 1. The minimum absolute atomic E-state index is 0.0420. The average Bonchev–Trinajstić information content (AvgIpc) is 2.07. The fraction of sp³-hybridized carbons (Fsp3) is 0.111. The van der Waals surface area contributed by atoms with Crippen molar-refractivity contribution in [3.05, 3.63) is 36.4 Å². The van der Waals surface area contributed by atoms with Crippen LogP contribution in [0.1, 0.15) is 5.56 Å². The molecule has 0 bridgehead atoms. The summed E-state index contributed by atoms with van der Waals surface area (Å²) in [6, 6.07) is 4.47. The molecule has 0 fully saturated rings. The number of nitrogens with two attached hydrogens (primary N) is 1. The van der Waals surface area contributed by atoms with Crippen LogP contribution in [-0.4, -0.2) is 13.0 Å². The molecule has 4 nitrogen and oxygen atoms in total. The van der Waals surface area contributed by atoms with E-state index in [1.54, 1.807) is 12.1 Å². The Balaban J connectivity index is 3.29. The highest BCUT2D eigenvalue weighted by Crippen LogP contribution is 2.19. The van der Waals surface area contributed by atoms with E-state index in [2.05, 4.69) is 6.58 Å². The zero-order valence-corrected chi connectivity index (χ0v) is 8.29. The lowest BCUT2D eigenvalue weighted by molar-refractivity contribution is 0.483. The summed E-state index contributed by atoms with van der Waals surface area (Å²) in [5, 5.41) is 0. The Hall–Kier alpha value is -1.33. The maximum Gasteiger partial charge on any atom is 0.296 e. The van der Waals surface area contributed by atoms with Gasteiger partial charge in [0.25, 0.3) is 10.1 Å². The summed E-state index contributed by atoms with van der Waals surface area (Å²) in [7, 11) is -4.23. The first-order chi connectivity index (χ1) is 6.45. The smallest absolute Gasteiger partial charge is 0.296 e. The summed E-state index contributed by atoms with van der Waals surface area (Å²) in [6.07, 6.45) is 2.17. The molecule has 0 atom stereocenters. The third-order valence-electron chi connectivity index (χ3n) is 1.74. The predicted molar refractivity (Wildman–Crippen MR) is 54.6 cm³/mol. The van der Waals surface area contributed by atoms with Crippen LogP contribution in [0.15, 0.2) is 35.7 Å². The number of rotatable bonds is 3. The second-order valence-electron chi connectivity index (χ2n) is 2.84. The van der Waals surface area contributed by atoms with Gasteiger partial charge in [0.15, 0.2) is 0 Å². The van der Waals surface area contributed by atoms with E-state index >= 15 is 0 Å². The van der Waals surface area contributed by atoms with Gasteiger partial charge in [-0.2, -0.15) is 8.42 Å². The van der Waals surface area contributed by atoms with Crippen molar-refractivity contribution in [2.75, 3.05) is 5.73 Å². The van der Waals surface area contributed by atoms with Crippen molar-refractivity contribution in [2.24, 2.45) is 0 Å². The molecule has 5 heteroatoms. The van der Waals surface area contributed by atoms with Crippen LogP contribution in [0.2, 0.25) is 0 Å². The SMILES string of the molecule is C=CCc1ccc(N)c(S(=O)(=O)O)c1. The molecular weight excluding hydrogens is 202 g/mol. The van der Waals surface area contributed by atoms with Gasteiger partial charge in [-0.3, -0.25) is 4.55 Å². The molecule has 0 saturated carbocycles. The lowest BCUT2D eigenvalue weighted by Gasteiger charge is -2.04. The van der Waals surface area contributed by atoms with Gasteiger partial charge in [0.2, 0.25) is 0 Å². The molecule has 0 spiro atoms. The topological polar surface area (TPSA) is 80.4 Å². The zero-order chi connectivity index (χ0) is 10.8. The van der Waals surface area contributed by atoms with Gasteiger partial charge in [0, 0.05) is 0 Å². The van der Waals surface area contributed by atoms with Gasteiger partial charge >= 0.3 is 0 Å². The van der Waals surface area contributed by atoms with Crippen LogP contribution in [0.25, 0.3) is 0 Å². The Morgan fingerprint density at radius 3 is 2.64 bits per heavy atom. The first-order valence-corrected chi connectivity index (χ1v) is 5.36. The molecule has 0 aliphatic carbocycles. The van der Waals surface area contributed by atoms with Crippen molar-refractivity contribution < 1.29 is 13.0 Å². The Kier molecular flexibility index (Phi) is 2.93. The average molecular weight is 213 g/mol. The largest absolute Gasteiger partial charge is 0.398 e. The van der Waals surface area contributed by atoms with Crippen LogP contribution >= 0.6 is 0 Å². The highest BCUT2D eigenvalue weighted by atomic mass is 32.2. The Labute approximate surface area is 82.8 Å². The van der Waals surface area contributed by atoms with Crippen molar-refractivity contribution in [1.82, 2.24) is 0 Å². The van der Waals surface area contributed by atoms with Gasteiger partial charge in [-0.25, -0.2) is 0 Å². The van der Waals surface area contributed by atoms with Crippen LogP contribution < -0.4 is 5.73 Å². The molecule has 0 radical (unpaired) electrons. The monoisotopic (exact) mass is 213 g/mol. The molecule has 3 N–H and O–H groups in total. The van der Waals surface area contributed by atoms with E-state index in [9.17, 15) is 8.42 Å². The maximum atomic E-state index is 10.9. The van der Waals surface area contributed by atoms with Crippen molar-refractivity contribution in [3.8, 4) is 0 Å². The number of anilines is 1. The van der Waals surface area contributed by atoms with Gasteiger partial charge in [-0.15, -0.1) is 6.58 Å². The van der Waals surface area contributed by atoms with Crippen LogP contribution in [-0.2, 0) is 16.5 Å². The van der Waals surface area contributed by atoms with Crippen molar-refractivity contribution >= 4 is 15.8 Å². The minimum atomic E-state index is -4.23. The first kappa shape index (κ1) is 10.7. The van der Waals surface area contributed by atoms with Crippen molar-refractivity contribution in [1.29, 1.82) is 0 Å². The molecule has 14 heavy (non-hydrogen) atoms. The van der Waals surface area contributed by atoms with E-state index in [0.29, 0.717) is 6.42 Å². The van der Waals surface area contributed by atoms with E-state index in [1.807, 2.05) is 0 Å².